The van der Waals surface area contributed by atoms with Crippen molar-refractivity contribution in [2.24, 2.45) is 0 Å². The molecule has 1 aliphatic rings. The van der Waals surface area contributed by atoms with E-state index in [-0.39, 0.29) is 22.5 Å². The van der Waals surface area contributed by atoms with Crippen LogP contribution in [-0.4, -0.2) is 44.3 Å². The number of rotatable bonds is 1. The maximum absolute atomic E-state index is 13.5. The molecule has 0 radical (unpaired) electrons. The Labute approximate surface area is 175 Å². The first kappa shape index (κ1) is 21.2. The number of piperidine rings is 1. The molecule has 0 saturated carbocycles. The SMILES string of the molecule is CC(C)(C)OC(=O)N1CCC(c2cc(=O)n3[nH]c4cccc(C(F)(F)F)c4c3n2)CC1. The van der Waals surface area contributed by atoms with Gasteiger partial charge in [-0.15, -0.1) is 0 Å². The first-order valence-corrected chi connectivity index (χ1v) is 10.0. The van der Waals surface area contributed by atoms with Gasteiger partial charge in [-0.2, -0.15) is 13.2 Å². The van der Waals surface area contributed by atoms with Crippen LogP contribution in [0.3, 0.4) is 0 Å². The molecule has 2 aromatic heterocycles. The van der Waals surface area contributed by atoms with Gasteiger partial charge in [0.2, 0.25) is 0 Å². The molecule has 1 aliphatic heterocycles. The van der Waals surface area contributed by atoms with E-state index in [9.17, 15) is 22.8 Å². The summed E-state index contributed by atoms with van der Waals surface area (Å²) in [4.78, 5) is 30.9. The number of hydrogen-bond donors (Lipinski definition) is 1. The van der Waals surface area contributed by atoms with Crippen molar-refractivity contribution in [2.45, 2.75) is 51.3 Å². The molecular weight excluding hydrogens is 413 g/mol. The fourth-order valence-corrected chi connectivity index (χ4v) is 3.91. The zero-order valence-electron chi connectivity index (χ0n) is 17.4. The molecule has 3 heterocycles. The predicted molar refractivity (Wildman–Crippen MR) is 108 cm³/mol. The Bertz CT molecular complexity index is 1200. The number of nitrogens with one attached hydrogen (secondary N) is 1. The molecule has 1 saturated heterocycles. The number of H-pyrrole nitrogens is 1. The lowest BCUT2D eigenvalue weighted by atomic mass is 9.93. The lowest BCUT2D eigenvalue weighted by Gasteiger charge is -2.33. The molecule has 1 fully saturated rings. The minimum absolute atomic E-state index is 0.0417. The minimum atomic E-state index is -4.57. The number of benzene rings is 1. The highest BCUT2D eigenvalue weighted by atomic mass is 19.4. The van der Waals surface area contributed by atoms with Crippen LogP contribution in [0.15, 0.2) is 29.1 Å². The van der Waals surface area contributed by atoms with Gasteiger partial charge in [0.05, 0.1) is 22.2 Å². The lowest BCUT2D eigenvalue weighted by molar-refractivity contribution is -0.136. The van der Waals surface area contributed by atoms with Crippen molar-refractivity contribution in [1.29, 1.82) is 0 Å². The Hall–Kier alpha value is -3.04. The summed E-state index contributed by atoms with van der Waals surface area (Å²) in [5.41, 5.74) is -1.32. The third-order valence-electron chi connectivity index (χ3n) is 5.33. The van der Waals surface area contributed by atoms with Crippen LogP contribution >= 0.6 is 0 Å². The molecule has 1 N–H and O–H groups in total. The molecule has 1 amide bonds. The number of hydrogen-bond acceptors (Lipinski definition) is 4. The quantitative estimate of drug-likeness (QED) is 0.617. The summed E-state index contributed by atoms with van der Waals surface area (Å²) in [5.74, 6) is -0.139. The van der Waals surface area contributed by atoms with Crippen LogP contribution in [-0.2, 0) is 10.9 Å². The van der Waals surface area contributed by atoms with Crippen molar-refractivity contribution in [2.75, 3.05) is 13.1 Å². The van der Waals surface area contributed by atoms with Crippen molar-refractivity contribution >= 4 is 22.6 Å². The molecule has 0 atom stereocenters. The van der Waals surface area contributed by atoms with E-state index >= 15 is 0 Å². The smallest absolute Gasteiger partial charge is 0.417 e. The number of carbonyl (C=O) groups is 1. The highest BCUT2D eigenvalue weighted by Crippen LogP contribution is 2.36. The molecule has 10 heteroatoms. The van der Waals surface area contributed by atoms with E-state index in [4.69, 9.17) is 4.74 Å². The summed E-state index contributed by atoms with van der Waals surface area (Å²) < 4.78 is 47.0. The summed E-state index contributed by atoms with van der Waals surface area (Å²) in [7, 11) is 0. The van der Waals surface area contributed by atoms with Gasteiger partial charge in [-0.3, -0.25) is 9.89 Å². The summed E-state index contributed by atoms with van der Waals surface area (Å²) in [6, 6.07) is 5.11. The molecule has 0 unspecified atom stereocenters. The number of halogens is 3. The van der Waals surface area contributed by atoms with Crippen molar-refractivity contribution in [3.05, 3.63) is 45.9 Å². The zero-order chi connectivity index (χ0) is 22.6. The normalized spacial score (nSPS) is 16.3. The van der Waals surface area contributed by atoms with Crippen LogP contribution in [0, 0.1) is 0 Å². The maximum atomic E-state index is 13.5. The fraction of sp³-hybridized carbons (Fsp3) is 0.476. The molecule has 0 spiro atoms. The van der Waals surface area contributed by atoms with Crippen molar-refractivity contribution in [1.82, 2.24) is 19.5 Å². The van der Waals surface area contributed by atoms with Crippen LogP contribution in [0.5, 0.6) is 0 Å². The van der Waals surface area contributed by atoms with Gasteiger partial charge >= 0.3 is 12.3 Å². The van der Waals surface area contributed by atoms with Gasteiger partial charge in [-0.05, 0) is 45.7 Å². The number of ether oxygens (including phenoxy) is 1. The minimum Gasteiger partial charge on any atom is -0.444 e. The van der Waals surface area contributed by atoms with E-state index in [2.05, 4.69) is 10.1 Å². The first-order chi connectivity index (χ1) is 14.4. The Kier molecular flexibility index (Phi) is 4.98. The van der Waals surface area contributed by atoms with Gasteiger partial charge in [0.1, 0.15) is 5.60 Å². The highest BCUT2D eigenvalue weighted by molar-refractivity contribution is 5.95. The molecule has 7 nitrogen and oxygen atoms in total. The second kappa shape index (κ2) is 7.28. The van der Waals surface area contributed by atoms with E-state index in [0.29, 0.717) is 31.6 Å². The molecule has 3 aromatic rings. The number of alkyl halides is 3. The molecule has 0 bridgehead atoms. The molecule has 4 rings (SSSR count). The van der Waals surface area contributed by atoms with Gasteiger partial charge in [0, 0.05) is 25.1 Å². The number of fused-ring (bicyclic) bond motifs is 3. The molecule has 1 aromatic carbocycles. The maximum Gasteiger partial charge on any atom is 0.417 e. The number of aromatic amines is 1. The molecular formula is C21H23F3N4O3. The topological polar surface area (TPSA) is 79.7 Å². The average Bonchev–Trinajstić information content (AvgIpc) is 3.05. The summed E-state index contributed by atoms with van der Waals surface area (Å²) in [6.07, 6.45) is -3.90. The number of amides is 1. The molecule has 0 aliphatic carbocycles. The van der Waals surface area contributed by atoms with Crippen LogP contribution in [0.4, 0.5) is 18.0 Å². The van der Waals surface area contributed by atoms with E-state index in [1.807, 2.05) is 0 Å². The number of carbonyl (C=O) groups excluding carboxylic acids is 1. The lowest BCUT2D eigenvalue weighted by Crippen LogP contribution is -2.41. The Morgan fingerprint density at radius 1 is 1.19 bits per heavy atom. The van der Waals surface area contributed by atoms with Gasteiger partial charge in [-0.1, -0.05) is 6.07 Å². The van der Waals surface area contributed by atoms with Crippen LogP contribution in [0.1, 0.15) is 50.8 Å². The molecule has 31 heavy (non-hydrogen) atoms. The third-order valence-corrected chi connectivity index (χ3v) is 5.33. The summed E-state index contributed by atoms with van der Waals surface area (Å²) in [5, 5.41) is 2.58. The Morgan fingerprint density at radius 3 is 2.48 bits per heavy atom. The standard InChI is InChI=1S/C21H23F3N4O3/c1-20(2,3)31-19(30)27-9-7-12(8-10-27)15-11-16(29)28-18(25-15)17-13(21(22,23)24)5-4-6-14(17)26-28/h4-6,11-12,26H,7-10H2,1-3H3. The zero-order valence-corrected chi connectivity index (χ0v) is 17.4. The summed E-state index contributed by atoms with van der Waals surface area (Å²) >= 11 is 0. The summed E-state index contributed by atoms with van der Waals surface area (Å²) in [6.45, 7) is 6.21. The van der Waals surface area contributed by atoms with Gasteiger partial charge in [-0.25, -0.2) is 14.3 Å². The van der Waals surface area contributed by atoms with Crippen LogP contribution in [0.25, 0.3) is 16.6 Å². The van der Waals surface area contributed by atoms with Gasteiger partial charge in [0.25, 0.3) is 5.56 Å². The van der Waals surface area contributed by atoms with Crippen LogP contribution < -0.4 is 5.56 Å². The van der Waals surface area contributed by atoms with Crippen molar-refractivity contribution in [3.63, 3.8) is 0 Å². The average molecular weight is 436 g/mol. The van der Waals surface area contributed by atoms with E-state index in [1.165, 1.54) is 18.2 Å². The van der Waals surface area contributed by atoms with Crippen molar-refractivity contribution in [3.8, 4) is 0 Å². The van der Waals surface area contributed by atoms with E-state index < -0.39 is 29.0 Å². The van der Waals surface area contributed by atoms with E-state index in [1.54, 1.807) is 25.7 Å². The fourth-order valence-electron chi connectivity index (χ4n) is 3.91. The number of aromatic nitrogens is 3. The first-order valence-electron chi connectivity index (χ1n) is 10.0. The van der Waals surface area contributed by atoms with E-state index in [0.717, 1.165) is 10.6 Å². The number of likely N-dealkylation sites (tertiary alicyclic amines) is 1. The second-order valence-corrected chi connectivity index (χ2v) is 8.76. The Morgan fingerprint density at radius 2 is 1.87 bits per heavy atom. The van der Waals surface area contributed by atoms with Crippen LogP contribution in [0.2, 0.25) is 0 Å². The third kappa shape index (κ3) is 4.11. The highest BCUT2D eigenvalue weighted by Gasteiger charge is 2.34. The molecule has 166 valence electrons. The Balaban J connectivity index is 1.66. The largest absolute Gasteiger partial charge is 0.444 e. The predicted octanol–water partition coefficient (Wildman–Crippen LogP) is 4.31. The van der Waals surface area contributed by atoms with Gasteiger partial charge < -0.3 is 9.64 Å². The van der Waals surface area contributed by atoms with Crippen molar-refractivity contribution < 1.29 is 22.7 Å². The van der Waals surface area contributed by atoms with Gasteiger partial charge in [0.15, 0.2) is 5.65 Å². The second-order valence-electron chi connectivity index (χ2n) is 8.76. The monoisotopic (exact) mass is 436 g/mol. The number of nitrogens with zero attached hydrogens (tertiary/aromatic N) is 3.